The van der Waals surface area contributed by atoms with Gasteiger partial charge < -0.3 is 14.8 Å². The number of aromatic nitrogens is 2. The molecule has 1 aromatic heterocycles. The molecule has 0 spiro atoms. The van der Waals surface area contributed by atoms with Crippen molar-refractivity contribution in [2.24, 2.45) is 0 Å². The molecule has 0 aliphatic carbocycles. The number of para-hydroxylation sites is 3. The summed E-state index contributed by atoms with van der Waals surface area (Å²) in [4.78, 5) is 32.6. The molecule has 0 saturated heterocycles. The zero-order valence-electron chi connectivity index (χ0n) is 18.5. The van der Waals surface area contributed by atoms with Gasteiger partial charge in [-0.3, -0.25) is 9.59 Å². The lowest BCUT2D eigenvalue weighted by atomic mass is 10.2. The summed E-state index contributed by atoms with van der Waals surface area (Å²) in [5.41, 5.74) is 3.06. The normalized spacial score (nSPS) is 11.8. The van der Waals surface area contributed by atoms with Gasteiger partial charge in [-0.2, -0.15) is 0 Å². The second kappa shape index (κ2) is 10.0. The van der Waals surface area contributed by atoms with Crippen LogP contribution >= 0.6 is 15.9 Å². The number of hydrogen-bond donors (Lipinski definition) is 1. The molecular formula is C26H25BrN4O2. The number of imidazole rings is 1. The van der Waals surface area contributed by atoms with E-state index < -0.39 is 6.04 Å². The monoisotopic (exact) mass is 504 g/mol. The average molecular weight is 505 g/mol. The lowest BCUT2D eigenvalue weighted by Crippen LogP contribution is -2.35. The molecule has 4 aromatic rings. The van der Waals surface area contributed by atoms with Crippen molar-refractivity contribution in [1.29, 1.82) is 0 Å². The Labute approximate surface area is 201 Å². The lowest BCUT2D eigenvalue weighted by molar-refractivity contribution is -0.119. The molecule has 1 heterocycles. The number of likely N-dealkylation sites (N-methyl/N-ethyl adjacent to an activating group) is 1. The molecule has 3 aromatic carbocycles. The minimum absolute atomic E-state index is 0.0421. The van der Waals surface area contributed by atoms with E-state index in [4.69, 9.17) is 4.98 Å². The first-order chi connectivity index (χ1) is 16.0. The highest BCUT2D eigenvalue weighted by Gasteiger charge is 2.22. The molecule has 0 fully saturated rings. The summed E-state index contributed by atoms with van der Waals surface area (Å²) in [5.74, 6) is 0.401. The van der Waals surface area contributed by atoms with Gasteiger partial charge in [-0.15, -0.1) is 0 Å². The van der Waals surface area contributed by atoms with Crippen molar-refractivity contribution in [2.45, 2.75) is 26.4 Å². The van der Waals surface area contributed by atoms with Crippen LogP contribution in [0.3, 0.4) is 0 Å². The molecule has 0 radical (unpaired) electrons. The van der Waals surface area contributed by atoms with Gasteiger partial charge in [-0.25, -0.2) is 4.98 Å². The molecule has 4 rings (SSSR count). The van der Waals surface area contributed by atoms with Crippen molar-refractivity contribution >= 4 is 44.5 Å². The fourth-order valence-corrected chi connectivity index (χ4v) is 4.13. The van der Waals surface area contributed by atoms with Crippen LogP contribution in [-0.2, 0) is 11.3 Å². The minimum Gasteiger partial charge on any atom is -0.342 e. The van der Waals surface area contributed by atoms with Crippen molar-refractivity contribution < 1.29 is 9.59 Å². The number of carbonyl (C=O) groups excluding carboxylic acids is 2. The largest absolute Gasteiger partial charge is 0.342 e. The smallest absolute Gasteiger partial charge is 0.251 e. The molecule has 0 bridgehead atoms. The minimum atomic E-state index is -0.395. The highest BCUT2D eigenvalue weighted by molar-refractivity contribution is 9.10. The van der Waals surface area contributed by atoms with Gasteiger partial charge in [0, 0.05) is 22.3 Å². The summed E-state index contributed by atoms with van der Waals surface area (Å²) in [7, 11) is 0. The van der Waals surface area contributed by atoms with E-state index in [1.54, 1.807) is 17.0 Å². The van der Waals surface area contributed by atoms with Crippen molar-refractivity contribution in [3.05, 3.63) is 94.7 Å². The maximum atomic E-state index is 13.3. The standard InChI is InChI=1S/C26H25BrN4O2/c1-3-30(21-9-5-4-6-10-21)24(32)17-31-23-12-8-7-11-22(23)29-25(31)18(2)28-26(33)19-13-15-20(27)16-14-19/h4-16,18H,3,17H2,1-2H3,(H,28,33). The molecule has 1 N–H and O–H groups in total. The molecule has 7 heteroatoms. The number of anilines is 1. The van der Waals surface area contributed by atoms with Gasteiger partial charge in [-0.05, 0) is 62.4 Å². The second-order valence-corrected chi connectivity index (χ2v) is 8.64. The van der Waals surface area contributed by atoms with E-state index in [-0.39, 0.29) is 18.4 Å². The van der Waals surface area contributed by atoms with Gasteiger partial charge in [0.1, 0.15) is 12.4 Å². The quantitative estimate of drug-likeness (QED) is 0.369. The first kappa shape index (κ1) is 22.7. The van der Waals surface area contributed by atoms with Gasteiger partial charge in [0.15, 0.2) is 0 Å². The third-order valence-electron chi connectivity index (χ3n) is 5.50. The van der Waals surface area contributed by atoms with E-state index in [1.807, 2.05) is 85.1 Å². The Bertz CT molecular complexity index is 1270. The van der Waals surface area contributed by atoms with Crippen LogP contribution in [-0.4, -0.2) is 27.9 Å². The Morgan fingerprint density at radius 3 is 2.36 bits per heavy atom. The van der Waals surface area contributed by atoms with E-state index in [1.165, 1.54) is 0 Å². The topological polar surface area (TPSA) is 67.2 Å². The molecule has 2 amide bonds. The molecule has 6 nitrogen and oxygen atoms in total. The molecule has 0 aliphatic heterocycles. The fraction of sp³-hybridized carbons (Fsp3) is 0.192. The zero-order valence-corrected chi connectivity index (χ0v) is 20.1. The van der Waals surface area contributed by atoms with Crippen LogP contribution < -0.4 is 10.2 Å². The number of rotatable bonds is 7. The third-order valence-corrected chi connectivity index (χ3v) is 6.03. The van der Waals surface area contributed by atoms with Crippen LogP contribution in [0.4, 0.5) is 5.69 Å². The van der Waals surface area contributed by atoms with Crippen LogP contribution in [0.5, 0.6) is 0 Å². The highest BCUT2D eigenvalue weighted by atomic mass is 79.9. The van der Waals surface area contributed by atoms with Crippen molar-refractivity contribution in [3.8, 4) is 0 Å². The predicted molar refractivity (Wildman–Crippen MR) is 134 cm³/mol. The number of benzene rings is 3. The fourth-order valence-electron chi connectivity index (χ4n) is 3.87. The number of hydrogen-bond acceptors (Lipinski definition) is 3. The first-order valence-electron chi connectivity index (χ1n) is 10.8. The first-order valence-corrected chi connectivity index (χ1v) is 11.6. The summed E-state index contributed by atoms with van der Waals surface area (Å²) in [6, 6.07) is 24.1. The van der Waals surface area contributed by atoms with Gasteiger partial charge in [0.25, 0.3) is 5.91 Å². The summed E-state index contributed by atoms with van der Waals surface area (Å²) < 4.78 is 2.81. The molecule has 1 atom stereocenters. The maximum absolute atomic E-state index is 13.3. The predicted octanol–water partition coefficient (Wildman–Crippen LogP) is 5.34. The molecule has 168 valence electrons. The number of amides is 2. The van der Waals surface area contributed by atoms with Gasteiger partial charge in [-0.1, -0.05) is 46.3 Å². The summed E-state index contributed by atoms with van der Waals surface area (Å²) in [6.07, 6.45) is 0. The number of nitrogens with one attached hydrogen (secondary N) is 1. The highest BCUT2D eigenvalue weighted by Crippen LogP contribution is 2.23. The summed E-state index contributed by atoms with van der Waals surface area (Å²) in [5, 5.41) is 3.02. The second-order valence-electron chi connectivity index (χ2n) is 7.72. The Morgan fingerprint density at radius 1 is 1.00 bits per heavy atom. The summed E-state index contributed by atoms with van der Waals surface area (Å²) in [6.45, 7) is 4.52. The molecule has 0 aliphatic rings. The third kappa shape index (κ3) is 4.98. The zero-order chi connectivity index (χ0) is 23.4. The SMILES string of the molecule is CCN(C(=O)Cn1c(C(C)NC(=O)c2ccc(Br)cc2)nc2ccccc21)c1ccccc1. The van der Waals surface area contributed by atoms with Crippen LogP contribution in [0, 0.1) is 0 Å². The van der Waals surface area contributed by atoms with E-state index in [2.05, 4.69) is 21.2 Å². The van der Waals surface area contributed by atoms with Crippen LogP contribution in [0.1, 0.15) is 36.1 Å². The Kier molecular flexibility index (Phi) is 6.89. The van der Waals surface area contributed by atoms with Gasteiger partial charge in [0.05, 0.1) is 17.1 Å². The Balaban J connectivity index is 1.63. The number of fused-ring (bicyclic) bond motifs is 1. The van der Waals surface area contributed by atoms with Crippen LogP contribution in [0.2, 0.25) is 0 Å². The Morgan fingerprint density at radius 2 is 1.67 bits per heavy atom. The molecule has 33 heavy (non-hydrogen) atoms. The van der Waals surface area contributed by atoms with Gasteiger partial charge >= 0.3 is 0 Å². The van der Waals surface area contributed by atoms with Crippen molar-refractivity contribution in [3.63, 3.8) is 0 Å². The number of nitrogens with zero attached hydrogens (tertiary/aromatic N) is 3. The lowest BCUT2D eigenvalue weighted by Gasteiger charge is -2.23. The van der Waals surface area contributed by atoms with Crippen LogP contribution in [0.25, 0.3) is 11.0 Å². The number of carbonyl (C=O) groups is 2. The van der Waals surface area contributed by atoms with Crippen molar-refractivity contribution in [2.75, 3.05) is 11.4 Å². The molecule has 0 saturated carbocycles. The van der Waals surface area contributed by atoms with Crippen LogP contribution in [0.15, 0.2) is 83.3 Å². The molecule has 1 unspecified atom stereocenters. The Hall–Kier alpha value is -3.45. The van der Waals surface area contributed by atoms with Crippen molar-refractivity contribution in [1.82, 2.24) is 14.9 Å². The maximum Gasteiger partial charge on any atom is 0.251 e. The average Bonchev–Trinajstić information content (AvgIpc) is 3.19. The van der Waals surface area contributed by atoms with E-state index >= 15 is 0 Å². The van der Waals surface area contributed by atoms with E-state index in [0.717, 1.165) is 21.2 Å². The van der Waals surface area contributed by atoms with Gasteiger partial charge in [0.2, 0.25) is 5.91 Å². The molecular weight excluding hydrogens is 480 g/mol. The number of halogens is 1. The summed E-state index contributed by atoms with van der Waals surface area (Å²) >= 11 is 3.39. The van der Waals surface area contributed by atoms with E-state index in [0.29, 0.717) is 17.9 Å². The van der Waals surface area contributed by atoms with E-state index in [9.17, 15) is 9.59 Å².